The third-order valence-electron chi connectivity index (χ3n) is 2.79. The molecule has 17 heavy (non-hydrogen) atoms. The Morgan fingerprint density at radius 3 is 3.00 bits per heavy atom. The third-order valence-corrected chi connectivity index (χ3v) is 3.09. The zero-order valence-corrected chi connectivity index (χ0v) is 10.5. The molecule has 0 spiro atoms. The summed E-state index contributed by atoms with van der Waals surface area (Å²) < 4.78 is 5.03. The number of ether oxygens (including phenoxy) is 1. The van der Waals surface area contributed by atoms with E-state index in [0.717, 1.165) is 12.8 Å². The predicted octanol–water partition coefficient (Wildman–Crippen LogP) is 1.99. The highest BCUT2D eigenvalue weighted by Gasteiger charge is 2.33. The molecule has 1 saturated carbocycles. The molecule has 1 amide bonds. The highest BCUT2D eigenvalue weighted by molar-refractivity contribution is 6.33. The monoisotopic (exact) mass is 254 g/mol. The quantitative estimate of drug-likeness (QED) is 0.807. The van der Waals surface area contributed by atoms with Crippen molar-refractivity contribution < 1.29 is 9.53 Å². The summed E-state index contributed by atoms with van der Waals surface area (Å²) in [7, 11) is 1.63. The molecule has 2 rings (SSSR count). The van der Waals surface area contributed by atoms with Crippen molar-refractivity contribution in [1.82, 2.24) is 9.88 Å². The van der Waals surface area contributed by atoms with Gasteiger partial charge in [-0.2, -0.15) is 0 Å². The molecule has 0 radical (unpaired) electrons. The first kappa shape index (κ1) is 12.3. The Labute approximate surface area is 106 Å². The van der Waals surface area contributed by atoms with E-state index in [2.05, 4.69) is 4.98 Å². The van der Waals surface area contributed by atoms with Crippen LogP contribution in [-0.4, -0.2) is 42.1 Å². The smallest absolute Gasteiger partial charge is 0.255 e. The topological polar surface area (TPSA) is 42.4 Å². The lowest BCUT2D eigenvalue weighted by Gasteiger charge is -2.22. The number of methoxy groups -OCH3 is 1. The Kier molecular flexibility index (Phi) is 3.97. The summed E-state index contributed by atoms with van der Waals surface area (Å²) in [4.78, 5) is 18.0. The van der Waals surface area contributed by atoms with E-state index in [9.17, 15) is 4.79 Å². The van der Waals surface area contributed by atoms with Gasteiger partial charge in [0.05, 0.1) is 17.2 Å². The summed E-state index contributed by atoms with van der Waals surface area (Å²) in [5, 5.41) is 0.403. The second kappa shape index (κ2) is 5.47. The van der Waals surface area contributed by atoms with Gasteiger partial charge in [0.1, 0.15) is 0 Å². The van der Waals surface area contributed by atoms with E-state index in [1.54, 1.807) is 19.4 Å². The van der Waals surface area contributed by atoms with Crippen molar-refractivity contribution >= 4 is 17.5 Å². The molecule has 1 aromatic heterocycles. The molecule has 4 nitrogen and oxygen atoms in total. The minimum atomic E-state index is -0.0306. The molecule has 0 saturated heterocycles. The van der Waals surface area contributed by atoms with Gasteiger partial charge in [0, 0.05) is 32.1 Å². The van der Waals surface area contributed by atoms with Crippen molar-refractivity contribution in [1.29, 1.82) is 0 Å². The van der Waals surface area contributed by atoms with Crippen molar-refractivity contribution in [2.45, 2.75) is 18.9 Å². The van der Waals surface area contributed by atoms with Gasteiger partial charge in [0.15, 0.2) is 0 Å². The number of carbonyl (C=O) groups is 1. The van der Waals surface area contributed by atoms with Crippen LogP contribution in [0.2, 0.25) is 5.02 Å². The van der Waals surface area contributed by atoms with Crippen LogP contribution in [0, 0.1) is 0 Å². The Morgan fingerprint density at radius 2 is 2.41 bits per heavy atom. The third kappa shape index (κ3) is 2.96. The number of hydrogen-bond donors (Lipinski definition) is 0. The van der Waals surface area contributed by atoms with Gasteiger partial charge < -0.3 is 9.64 Å². The molecule has 1 heterocycles. The summed E-state index contributed by atoms with van der Waals surface area (Å²) in [6, 6.07) is 2.01. The summed E-state index contributed by atoms with van der Waals surface area (Å²) in [5.41, 5.74) is 0.518. The van der Waals surface area contributed by atoms with Gasteiger partial charge in [0.25, 0.3) is 5.91 Å². The molecule has 1 aliphatic carbocycles. The Hall–Kier alpha value is -1.13. The number of hydrogen-bond acceptors (Lipinski definition) is 3. The highest BCUT2D eigenvalue weighted by Crippen LogP contribution is 2.29. The molecule has 5 heteroatoms. The van der Waals surface area contributed by atoms with E-state index in [-0.39, 0.29) is 5.91 Å². The molecule has 1 aromatic rings. The number of amides is 1. The van der Waals surface area contributed by atoms with Gasteiger partial charge in [-0.15, -0.1) is 0 Å². The van der Waals surface area contributed by atoms with E-state index in [4.69, 9.17) is 16.3 Å². The Balaban J connectivity index is 2.13. The van der Waals surface area contributed by atoms with Crippen LogP contribution in [0.1, 0.15) is 23.2 Å². The van der Waals surface area contributed by atoms with Crippen LogP contribution < -0.4 is 0 Å². The van der Waals surface area contributed by atoms with Crippen LogP contribution in [0.15, 0.2) is 18.5 Å². The number of rotatable bonds is 5. The van der Waals surface area contributed by atoms with E-state index >= 15 is 0 Å². The molecule has 0 N–H and O–H groups in total. The summed E-state index contributed by atoms with van der Waals surface area (Å²) >= 11 is 5.98. The zero-order chi connectivity index (χ0) is 12.3. The molecule has 0 aromatic carbocycles. The Bertz CT molecular complexity index is 407. The van der Waals surface area contributed by atoms with Gasteiger partial charge in [-0.05, 0) is 18.9 Å². The number of pyridine rings is 1. The summed E-state index contributed by atoms with van der Waals surface area (Å²) in [5.74, 6) is -0.0306. The molecule has 0 aliphatic heterocycles. The van der Waals surface area contributed by atoms with Crippen LogP contribution in [-0.2, 0) is 4.74 Å². The van der Waals surface area contributed by atoms with Crippen LogP contribution in [0.5, 0.6) is 0 Å². The lowest BCUT2D eigenvalue weighted by molar-refractivity contribution is 0.0680. The van der Waals surface area contributed by atoms with E-state index in [0.29, 0.717) is 29.8 Å². The van der Waals surface area contributed by atoms with E-state index in [1.165, 1.54) is 6.20 Å². The van der Waals surface area contributed by atoms with Crippen molar-refractivity contribution in [2.24, 2.45) is 0 Å². The minimum Gasteiger partial charge on any atom is -0.383 e. The average molecular weight is 255 g/mol. The lowest BCUT2D eigenvalue weighted by Crippen LogP contribution is -2.36. The van der Waals surface area contributed by atoms with Crippen LogP contribution in [0.25, 0.3) is 0 Å². The normalized spacial score (nSPS) is 14.7. The van der Waals surface area contributed by atoms with Crippen LogP contribution >= 0.6 is 11.6 Å². The molecule has 0 atom stereocenters. The maximum Gasteiger partial charge on any atom is 0.255 e. The summed E-state index contributed by atoms with van der Waals surface area (Å²) in [6.07, 6.45) is 5.22. The highest BCUT2D eigenvalue weighted by atomic mass is 35.5. The molecular weight excluding hydrogens is 240 g/mol. The van der Waals surface area contributed by atoms with Crippen LogP contribution in [0.4, 0.5) is 0 Å². The molecule has 1 fully saturated rings. The van der Waals surface area contributed by atoms with Crippen LogP contribution in [0.3, 0.4) is 0 Å². The maximum atomic E-state index is 12.3. The van der Waals surface area contributed by atoms with Gasteiger partial charge in [-0.1, -0.05) is 11.6 Å². The number of halogens is 1. The van der Waals surface area contributed by atoms with Gasteiger partial charge in [0.2, 0.25) is 0 Å². The molecular formula is C12H15ClN2O2. The molecule has 92 valence electrons. The predicted molar refractivity (Wildman–Crippen MR) is 65.2 cm³/mol. The fourth-order valence-electron chi connectivity index (χ4n) is 1.73. The first-order chi connectivity index (χ1) is 8.24. The van der Waals surface area contributed by atoms with Crippen molar-refractivity contribution in [2.75, 3.05) is 20.3 Å². The fourth-order valence-corrected chi connectivity index (χ4v) is 1.93. The zero-order valence-electron chi connectivity index (χ0n) is 9.73. The largest absolute Gasteiger partial charge is 0.383 e. The maximum absolute atomic E-state index is 12.3. The molecule has 0 unspecified atom stereocenters. The van der Waals surface area contributed by atoms with E-state index in [1.807, 2.05) is 4.90 Å². The van der Waals surface area contributed by atoms with Crippen molar-refractivity contribution in [3.63, 3.8) is 0 Å². The van der Waals surface area contributed by atoms with E-state index < -0.39 is 0 Å². The number of aromatic nitrogens is 1. The average Bonchev–Trinajstić information content (AvgIpc) is 3.14. The molecule has 1 aliphatic rings. The first-order valence-corrected chi connectivity index (χ1v) is 6.01. The second-order valence-electron chi connectivity index (χ2n) is 4.08. The van der Waals surface area contributed by atoms with Gasteiger partial charge in [-0.3, -0.25) is 9.78 Å². The van der Waals surface area contributed by atoms with Gasteiger partial charge >= 0.3 is 0 Å². The van der Waals surface area contributed by atoms with Gasteiger partial charge in [-0.25, -0.2) is 0 Å². The SMILES string of the molecule is COCCN(C(=O)c1ccncc1Cl)C1CC1. The lowest BCUT2D eigenvalue weighted by atomic mass is 10.2. The summed E-state index contributed by atoms with van der Waals surface area (Å²) in [6.45, 7) is 1.16. The van der Waals surface area contributed by atoms with Crippen molar-refractivity contribution in [3.05, 3.63) is 29.0 Å². The van der Waals surface area contributed by atoms with Crippen molar-refractivity contribution in [3.8, 4) is 0 Å². The number of nitrogens with zero attached hydrogens (tertiary/aromatic N) is 2. The second-order valence-corrected chi connectivity index (χ2v) is 4.49. The Morgan fingerprint density at radius 1 is 1.65 bits per heavy atom. The fraction of sp³-hybridized carbons (Fsp3) is 0.500. The standard InChI is InChI=1S/C12H15ClN2O2/c1-17-7-6-15(9-2-3-9)12(16)10-4-5-14-8-11(10)13/h4-5,8-9H,2-3,6-7H2,1H3. The molecule has 0 bridgehead atoms. The first-order valence-electron chi connectivity index (χ1n) is 5.63. The minimum absolute atomic E-state index is 0.0306. The number of carbonyl (C=O) groups excluding carboxylic acids is 1.